The second-order valence-corrected chi connectivity index (χ2v) is 7.89. The lowest BCUT2D eigenvalue weighted by Crippen LogP contribution is -2.37. The largest absolute Gasteiger partial charge is 0.396 e. The van der Waals surface area contributed by atoms with Crippen LogP contribution in [-0.4, -0.2) is 24.2 Å². The monoisotopic (exact) mass is 392 g/mol. The number of aliphatic hydroxyl groups excluding tert-OH is 1. The summed E-state index contributed by atoms with van der Waals surface area (Å²) in [4.78, 5) is 15.7. The zero-order chi connectivity index (χ0) is 19.8. The van der Waals surface area contributed by atoms with Gasteiger partial charge in [0.05, 0.1) is 11.6 Å². The number of hydrogen-bond acceptors (Lipinski definition) is 4. The molecule has 28 heavy (non-hydrogen) atoms. The van der Waals surface area contributed by atoms with Crippen LogP contribution in [0.2, 0.25) is 0 Å². The van der Waals surface area contributed by atoms with E-state index in [-0.39, 0.29) is 12.6 Å². The second-order valence-electron chi connectivity index (χ2n) is 6.77. The Hall–Kier alpha value is -2.55. The van der Waals surface area contributed by atoms with Crippen molar-refractivity contribution in [2.75, 3.05) is 11.5 Å². The first-order chi connectivity index (χ1) is 13.8. The zero-order valence-corrected chi connectivity index (χ0v) is 16.6. The Morgan fingerprint density at radius 3 is 2.75 bits per heavy atom. The van der Waals surface area contributed by atoms with Gasteiger partial charge in [-0.2, -0.15) is 5.26 Å². The highest BCUT2D eigenvalue weighted by Gasteiger charge is 2.26. The van der Waals surface area contributed by atoms with Gasteiger partial charge >= 0.3 is 0 Å². The first-order valence-electron chi connectivity index (χ1n) is 9.57. The molecule has 0 heterocycles. The van der Waals surface area contributed by atoms with E-state index in [1.165, 1.54) is 17.3 Å². The predicted octanol–water partition coefficient (Wildman–Crippen LogP) is 4.92. The van der Waals surface area contributed by atoms with Crippen LogP contribution in [0.4, 0.5) is 5.69 Å². The molecule has 1 unspecified atom stereocenters. The van der Waals surface area contributed by atoms with Crippen LogP contribution in [0.5, 0.6) is 0 Å². The Morgan fingerprint density at radius 2 is 2.04 bits per heavy atom. The minimum absolute atomic E-state index is 0.0142. The molecule has 144 valence electrons. The molecular formula is C23H24N2O2S. The number of carbonyl (C=O) groups excluding carboxylic acids is 1. The highest BCUT2D eigenvalue weighted by molar-refractivity contribution is 7.99. The summed E-state index contributed by atoms with van der Waals surface area (Å²) in [6.07, 6.45) is 7.64. The Balaban J connectivity index is 1.93. The van der Waals surface area contributed by atoms with E-state index in [0.717, 1.165) is 47.6 Å². The third kappa shape index (κ3) is 4.83. The maximum atomic E-state index is 12.0. The summed E-state index contributed by atoms with van der Waals surface area (Å²) in [6.45, 7) is 0.117. The van der Waals surface area contributed by atoms with Gasteiger partial charge in [0.15, 0.2) is 0 Å². The van der Waals surface area contributed by atoms with Gasteiger partial charge in [-0.3, -0.25) is 4.79 Å². The molecule has 0 bridgehead atoms. The molecule has 0 spiro atoms. The maximum absolute atomic E-state index is 12.0. The number of carbonyl (C=O) groups is 1. The second kappa shape index (κ2) is 10.1. The lowest BCUT2D eigenvalue weighted by molar-refractivity contribution is -0.107. The van der Waals surface area contributed by atoms with Gasteiger partial charge in [0.1, 0.15) is 6.07 Å². The first kappa shape index (κ1) is 20.2. The predicted molar refractivity (Wildman–Crippen MR) is 112 cm³/mol. The van der Waals surface area contributed by atoms with E-state index in [0.29, 0.717) is 12.0 Å². The molecule has 5 heteroatoms. The Labute approximate surface area is 170 Å². The van der Waals surface area contributed by atoms with Gasteiger partial charge < -0.3 is 10.0 Å². The van der Waals surface area contributed by atoms with Crippen molar-refractivity contribution in [2.24, 2.45) is 0 Å². The highest BCUT2D eigenvalue weighted by atomic mass is 32.2. The van der Waals surface area contributed by atoms with Crippen molar-refractivity contribution in [1.82, 2.24) is 0 Å². The summed E-state index contributed by atoms with van der Waals surface area (Å²) in [5.74, 6) is 0. The average molecular weight is 393 g/mol. The van der Waals surface area contributed by atoms with Gasteiger partial charge in [0.25, 0.3) is 0 Å². The van der Waals surface area contributed by atoms with Gasteiger partial charge in [0.2, 0.25) is 6.41 Å². The van der Waals surface area contributed by atoms with Crippen molar-refractivity contribution in [3.63, 3.8) is 0 Å². The zero-order valence-electron chi connectivity index (χ0n) is 15.8. The first-order valence-corrected chi connectivity index (χ1v) is 10.4. The minimum Gasteiger partial charge on any atom is -0.396 e. The molecule has 1 aliphatic carbocycles. The summed E-state index contributed by atoms with van der Waals surface area (Å²) >= 11 is 1.53. The van der Waals surface area contributed by atoms with Crippen molar-refractivity contribution in [3.05, 3.63) is 65.7 Å². The number of hydrogen-bond donors (Lipinski definition) is 1. The molecule has 0 aromatic heterocycles. The van der Waals surface area contributed by atoms with Crippen molar-refractivity contribution in [1.29, 1.82) is 5.26 Å². The van der Waals surface area contributed by atoms with Gasteiger partial charge in [-0.25, -0.2) is 0 Å². The fourth-order valence-electron chi connectivity index (χ4n) is 3.60. The van der Waals surface area contributed by atoms with Gasteiger partial charge in [-0.1, -0.05) is 48.0 Å². The topological polar surface area (TPSA) is 64.3 Å². The number of nitrogens with zero attached hydrogens (tertiary/aromatic N) is 2. The molecule has 1 amide bonds. The Kier molecular flexibility index (Phi) is 7.30. The summed E-state index contributed by atoms with van der Waals surface area (Å²) in [5, 5.41) is 18.7. The molecule has 0 aliphatic heterocycles. The normalized spacial score (nSPS) is 17.9. The summed E-state index contributed by atoms with van der Waals surface area (Å²) in [7, 11) is 0. The SMILES string of the molecule is N#Cc1ccc(N(C=O)C2CCCC/C2=C\CCO)cc1Sc1ccccc1. The van der Waals surface area contributed by atoms with Crippen LogP contribution in [0.1, 0.15) is 37.7 Å². The number of anilines is 1. The Morgan fingerprint density at radius 1 is 1.21 bits per heavy atom. The van der Waals surface area contributed by atoms with Crippen LogP contribution < -0.4 is 4.90 Å². The molecule has 1 atom stereocenters. The molecule has 1 N–H and O–H groups in total. The highest BCUT2D eigenvalue weighted by Crippen LogP contribution is 2.36. The standard InChI is InChI=1S/C23H24N2O2S/c24-16-19-12-13-20(15-23(19)28-21-9-2-1-3-10-21)25(17-27)22-11-5-4-7-18(22)8-6-14-26/h1-3,8-10,12-13,15,17,22,26H,4-7,11,14H2/b18-8+. The molecule has 2 aromatic rings. The van der Waals surface area contributed by atoms with Gasteiger partial charge in [0, 0.05) is 22.1 Å². The van der Waals surface area contributed by atoms with Gasteiger partial charge in [-0.05, 0) is 56.0 Å². The van der Waals surface area contributed by atoms with E-state index in [1.807, 2.05) is 42.5 Å². The van der Waals surface area contributed by atoms with E-state index < -0.39 is 0 Å². The number of rotatable bonds is 7. The van der Waals surface area contributed by atoms with Crippen LogP contribution in [0.15, 0.2) is 70.0 Å². The number of amides is 1. The van der Waals surface area contributed by atoms with Crippen molar-refractivity contribution >= 4 is 23.9 Å². The van der Waals surface area contributed by atoms with E-state index >= 15 is 0 Å². The fraction of sp³-hybridized carbons (Fsp3) is 0.304. The summed E-state index contributed by atoms with van der Waals surface area (Å²) in [6, 6.07) is 17.7. The molecule has 1 fully saturated rings. The third-order valence-electron chi connectivity index (χ3n) is 4.96. The number of aliphatic hydroxyl groups is 1. The molecular weight excluding hydrogens is 368 g/mol. The van der Waals surface area contributed by atoms with E-state index in [2.05, 4.69) is 12.1 Å². The van der Waals surface area contributed by atoms with Gasteiger partial charge in [-0.15, -0.1) is 0 Å². The smallest absolute Gasteiger partial charge is 0.214 e. The van der Waals surface area contributed by atoms with E-state index in [9.17, 15) is 10.1 Å². The minimum atomic E-state index is 0.0142. The summed E-state index contributed by atoms with van der Waals surface area (Å²) in [5.41, 5.74) is 2.62. The number of benzene rings is 2. The van der Waals surface area contributed by atoms with Crippen LogP contribution >= 0.6 is 11.8 Å². The molecule has 4 nitrogen and oxygen atoms in total. The number of nitriles is 1. The molecule has 1 saturated carbocycles. The quantitative estimate of drug-likeness (QED) is 0.536. The molecule has 1 aliphatic rings. The fourth-order valence-corrected chi connectivity index (χ4v) is 4.55. The lowest BCUT2D eigenvalue weighted by atomic mass is 9.88. The average Bonchev–Trinajstić information content (AvgIpc) is 2.74. The van der Waals surface area contributed by atoms with Crippen LogP contribution in [0.25, 0.3) is 0 Å². The van der Waals surface area contributed by atoms with Crippen LogP contribution in [-0.2, 0) is 4.79 Å². The van der Waals surface area contributed by atoms with Crippen molar-refractivity contribution in [3.8, 4) is 6.07 Å². The Bertz CT molecular complexity index is 874. The molecule has 0 radical (unpaired) electrons. The molecule has 3 rings (SSSR count). The molecule has 2 aromatic carbocycles. The third-order valence-corrected chi connectivity index (χ3v) is 6.03. The summed E-state index contributed by atoms with van der Waals surface area (Å²) < 4.78 is 0. The maximum Gasteiger partial charge on any atom is 0.214 e. The lowest BCUT2D eigenvalue weighted by Gasteiger charge is -2.34. The van der Waals surface area contributed by atoms with E-state index in [4.69, 9.17) is 5.11 Å². The van der Waals surface area contributed by atoms with Crippen LogP contribution in [0.3, 0.4) is 0 Å². The van der Waals surface area contributed by atoms with Crippen molar-refractivity contribution < 1.29 is 9.90 Å². The molecule has 0 saturated heterocycles. The van der Waals surface area contributed by atoms with Crippen LogP contribution in [0, 0.1) is 11.3 Å². The van der Waals surface area contributed by atoms with Crippen molar-refractivity contribution in [2.45, 2.75) is 47.9 Å². The van der Waals surface area contributed by atoms with E-state index in [1.54, 1.807) is 11.0 Å².